The van der Waals surface area contributed by atoms with Crippen LogP contribution in [0.5, 0.6) is 11.5 Å². The molecule has 0 bridgehead atoms. The maximum absolute atomic E-state index is 13.1. The molecule has 0 aliphatic heterocycles. The molecule has 23 heavy (non-hydrogen) atoms. The van der Waals surface area contributed by atoms with Crippen molar-refractivity contribution in [3.8, 4) is 11.5 Å². The highest BCUT2D eigenvalue weighted by molar-refractivity contribution is 5.95. The van der Waals surface area contributed by atoms with Gasteiger partial charge in [-0.1, -0.05) is 0 Å². The lowest BCUT2D eigenvalue weighted by atomic mass is 10.2. The number of hydrogen-bond acceptors (Lipinski definition) is 4. The number of halogens is 2. The number of carbonyl (C=O) groups is 1. The second kappa shape index (κ2) is 7.44. The molecule has 0 unspecified atom stereocenters. The molecule has 0 radical (unpaired) electrons. The van der Waals surface area contributed by atoms with Gasteiger partial charge in [0, 0.05) is 17.8 Å². The van der Waals surface area contributed by atoms with Crippen LogP contribution < -0.4 is 20.1 Å². The van der Waals surface area contributed by atoms with E-state index in [1.165, 1.54) is 20.3 Å². The monoisotopic (exact) mass is 322 g/mol. The first kappa shape index (κ1) is 16.5. The summed E-state index contributed by atoms with van der Waals surface area (Å²) in [7, 11) is 3.00. The van der Waals surface area contributed by atoms with Gasteiger partial charge in [-0.15, -0.1) is 0 Å². The number of hydrogen-bond donors (Lipinski definition) is 2. The summed E-state index contributed by atoms with van der Waals surface area (Å²) < 4.78 is 36.1. The molecular weight excluding hydrogens is 306 g/mol. The fraction of sp³-hybridized carbons (Fsp3) is 0.188. The predicted octanol–water partition coefficient (Wildman–Crippen LogP) is 3.03. The molecule has 0 saturated heterocycles. The van der Waals surface area contributed by atoms with Crippen LogP contribution in [0.25, 0.3) is 0 Å². The molecule has 0 heterocycles. The number of nitrogens with one attached hydrogen (secondary N) is 2. The van der Waals surface area contributed by atoms with E-state index in [0.717, 1.165) is 12.1 Å². The lowest BCUT2D eigenvalue weighted by molar-refractivity contribution is -0.114. The molecule has 122 valence electrons. The molecule has 0 aliphatic carbocycles. The summed E-state index contributed by atoms with van der Waals surface area (Å²) in [5, 5.41) is 5.37. The summed E-state index contributed by atoms with van der Waals surface area (Å²) in [6.45, 7) is -0.111. The van der Waals surface area contributed by atoms with Crippen molar-refractivity contribution in [3.05, 3.63) is 48.0 Å². The van der Waals surface area contributed by atoms with Crippen LogP contribution >= 0.6 is 0 Å². The molecule has 7 heteroatoms. The SMILES string of the molecule is COc1ccc(NC(=O)CNc2ccc(F)c(F)c2)c(OC)c1. The van der Waals surface area contributed by atoms with Crippen molar-refractivity contribution >= 4 is 17.3 Å². The zero-order valence-corrected chi connectivity index (χ0v) is 12.7. The lowest BCUT2D eigenvalue weighted by Gasteiger charge is -2.12. The molecule has 5 nitrogen and oxygen atoms in total. The van der Waals surface area contributed by atoms with E-state index in [1.807, 2.05) is 0 Å². The van der Waals surface area contributed by atoms with Gasteiger partial charge in [0.05, 0.1) is 26.5 Å². The number of anilines is 2. The van der Waals surface area contributed by atoms with Crippen LogP contribution in [0.2, 0.25) is 0 Å². The van der Waals surface area contributed by atoms with Crippen molar-refractivity contribution in [1.29, 1.82) is 0 Å². The smallest absolute Gasteiger partial charge is 0.243 e. The zero-order chi connectivity index (χ0) is 16.8. The molecule has 2 N–H and O–H groups in total. The fourth-order valence-corrected chi connectivity index (χ4v) is 1.88. The second-order valence-corrected chi connectivity index (χ2v) is 4.60. The minimum atomic E-state index is -0.979. The molecule has 1 amide bonds. The van der Waals surface area contributed by atoms with Gasteiger partial charge in [0.1, 0.15) is 11.5 Å². The summed E-state index contributed by atoms with van der Waals surface area (Å²) in [5.74, 6) is -1.24. The molecular formula is C16H16F2N2O3. The first-order chi connectivity index (χ1) is 11.0. The second-order valence-electron chi connectivity index (χ2n) is 4.60. The third-order valence-electron chi connectivity index (χ3n) is 3.06. The third-order valence-corrected chi connectivity index (χ3v) is 3.06. The maximum atomic E-state index is 13.1. The van der Waals surface area contributed by atoms with E-state index in [1.54, 1.807) is 18.2 Å². The van der Waals surface area contributed by atoms with Crippen LogP contribution in [0.1, 0.15) is 0 Å². The van der Waals surface area contributed by atoms with Crippen molar-refractivity contribution in [3.63, 3.8) is 0 Å². The molecule has 0 aromatic heterocycles. The van der Waals surface area contributed by atoms with Crippen molar-refractivity contribution < 1.29 is 23.0 Å². The predicted molar refractivity (Wildman–Crippen MR) is 83.0 cm³/mol. The van der Waals surface area contributed by atoms with Crippen molar-refractivity contribution in [2.24, 2.45) is 0 Å². The Morgan fingerprint density at radius 3 is 2.48 bits per heavy atom. The van der Waals surface area contributed by atoms with Crippen molar-refractivity contribution in [2.45, 2.75) is 0 Å². The fourth-order valence-electron chi connectivity index (χ4n) is 1.88. The first-order valence-corrected chi connectivity index (χ1v) is 6.74. The molecule has 2 aromatic rings. The molecule has 0 atom stereocenters. The third kappa shape index (κ3) is 4.32. The number of ether oxygens (including phenoxy) is 2. The van der Waals surface area contributed by atoms with Gasteiger partial charge in [-0.05, 0) is 24.3 Å². The highest BCUT2D eigenvalue weighted by Gasteiger charge is 2.09. The van der Waals surface area contributed by atoms with Gasteiger partial charge in [0.25, 0.3) is 0 Å². The van der Waals surface area contributed by atoms with Gasteiger partial charge in [-0.25, -0.2) is 8.78 Å². The highest BCUT2D eigenvalue weighted by Crippen LogP contribution is 2.28. The summed E-state index contributed by atoms with van der Waals surface area (Å²) in [6.07, 6.45) is 0. The summed E-state index contributed by atoms with van der Waals surface area (Å²) in [4.78, 5) is 11.9. The Labute approximate surface area is 132 Å². The van der Waals surface area contributed by atoms with Crippen molar-refractivity contribution in [1.82, 2.24) is 0 Å². The standard InChI is InChI=1S/C16H16F2N2O3/c1-22-11-4-6-14(15(8-11)23-2)20-16(21)9-19-10-3-5-12(17)13(18)7-10/h3-8,19H,9H2,1-2H3,(H,20,21). The van der Waals surface area contributed by atoms with Gasteiger partial charge < -0.3 is 20.1 Å². The topological polar surface area (TPSA) is 59.6 Å². The van der Waals surface area contributed by atoms with E-state index in [0.29, 0.717) is 22.9 Å². The molecule has 0 aliphatic rings. The number of amides is 1. The van der Waals surface area contributed by atoms with Crippen LogP contribution in [0.15, 0.2) is 36.4 Å². The summed E-state index contributed by atoms with van der Waals surface area (Å²) in [6, 6.07) is 8.28. The van der Waals surface area contributed by atoms with Crippen LogP contribution in [-0.4, -0.2) is 26.7 Å². The first-order valence-electron chi connectivity index (χ1n) is 6.74. The normalized spacial score (nSPS) is 10.1. The number of rotatable bonds is 6. The molecule has 2 aromatic carbocycles. The Kier molecular flexibility index (Phi) is 5.35. The highest BCUT2D eigenvalue weighted by atomic mass is 19.2. The van der Waals surface area contributed by atoms with Crippen LogP contribution in [-0.2, 0) is 4.79 Å². The van der Waals surface area contributed by atoms with E-state index in [4.69, 9.17) is 9.47 Å². The summed E-state index contributed by atoms with van der Waals surface area (Å²) in [5.41, 5.74) is 0.783. The van der Waals surface area contributed by atoms with Gasteiger partial charge in [0.15, 0.2) is 11.6 Å². The largest absolute Gasteiger partial charge is 0.497 e. The average Bonchev–Trinajstić information content (AvgIpc) is 2.56. The molecule has 2 rings (SSSR count). The van der Waals surface area contributed by atoms with E-state index in [-0.39, 0.29) is 12.5 Å². The van der Waals surface area contributed by atoms with Crippen LogP contribution in [0.4, 0.5) is 20.2 Å². The Bertz CT molecular complexity index is 708. The Morgan fingerprint density at radius 1 is 1.04 bits per heavy atom. The van der Waals surface area contributed by atoms with Crippen molar-refractivity contribution in [2.75, 3.05) is 31.4 Å². The zero-order valence-electron chi connectivity index (χ0n) is 12.7. The van der Waals surface area contributed by atoms with Crippen LogP contribution in [0, 0.1) is 11.6 Å². The van der Waals surface area contributed by atoms with E-state index >= 15 is 0 Å². The molecule has 0 saturated carbocycles. The molecule has 0 spiro atoms. The van der Waals surface area contributed by atoms with Gasteiger partial charge in [-0.2, -0.15) is 0 Å². The van der Waals surface area contributed by atoms with E-state index in [2.05, 4.69) is 10.6 Å². The minimum absolute atomic E-state index is 0.111. The Hall–Kier alpha value is -2.83. The van der Waals surface area contributed by atoms with Gasteiger partial charge >= 0.3 is 0 Å². The number of carbonyl (C=O) groups excluding carboxylic acids is 1. The Morgan fingerprint density at radius 2 is 1.83 bits per heavy atom. The Balaban J connectivity index is 1.98. The quantitative estimate of drug-likeness (QED) is 0.858. The average molecular weight is 322 g/mol. The van der Waals surface area contributed by atoms with E-state index in [9.17, 15) is 13.6 Å². The maximum Gasteiger partial charge on any atom is 0.243 e. The van der Waals surface area contributed by atoms with Crippen LogP contribution in [0.3, 0.4) is 0 Å². The number of benzene rings is 2. The lowest BCUT2D eigenvalue weighted by Crippen LogP contribution is -2.22. The molecule has 0 fully saturated rings. The minimum Gasteiger partial charge on any atom is -0.497 e. The summed E-state index contributed by atoms with van der Waals surface area (Å²) >= 11 is 0. The van der Waals surface area contributed by atoms with Gasteiger partial charge in [-0.3, -0.25) is 4.79 Å². The number of methoxy groups -OCH3 is 2. The van der Waals surface area contributed by atoms with Gasteiger partial charge in [0.2, 0.25) is 5.91 Å². The van der Waals surface area contributed by atoms with E-state index < -0.39 is 11.6 Å².